The quantitative estimate of drug-likeness (QED) is 0.824. The van der Waals surface area contributed by atoms with Gasteiger partial charge in [-0.05, 0) is 25.3 Å². The molecule has 7 heteroatoms. The summed E-state index contributed by atoms with van der Waals surface area (Å²) in [7, 11) is 1.70. The smallest absolute Gasteiger partial charge is 0.225 e. The Bertz CT molecular complexity index is 591. The molecule has 3 rings (SSSR count). The summed E-state index contributed by atoms with van der Waals surface area (Å²) in [6.07, 6.45) is 8.53. The van der Waals surface area contributed by atoms with Crippen LogP contribution in [0.15, 0.2) is 18.5 Å². The minimum atomic E-state index is -0.973. The molecule has 7 nitrogen and oxygen atoms in total. The molecular formula is C18H28N4O3. The average Bonchev–Trinajstić information content (AvgIpc) is 2.98. The van der Waals surface area contributed by atoms with Gasteiger partial charge in [0.05, 0.1) is 25.1 Å². The van der Waals surface area contributed by atoms with Crippen LogP contribution in [0, 0.1) is 0 Å². The van der Waals surface area contributed by atoms with Gasteiger partial charge in [0.1, 0.15) is 5.60 Å². The molecule has 1 aromatic rings. The maximum absolute atomic E-state index is 12.5. The van der Waals surface area contributed by atoms with E-state index in [4.69, 9.17) is 0 Å². The lowest BCUT2D eigenvalue weighted by Gasteiger charge is -2.34. The van der Waals surface area contributed by atoms with Gasteiger partial charge in [-0.2, -0.15) is 0 Å². The van der Waals surface area contributed by atoms with E-state index >= 15 is 0 Å². The van der Waals surface area contributed by atoms with Crippen LogP contribution in [0.2, 0.25) is 0 Å². The number of hydrogen-bond acceptors (Lipinski definition) is 6. The van der Waals surface area contributed by atoms with Gasteiger partial charge in [0.15, 0.2) is 0 Å². The summed E-state index contributed by atoms with van der Waals surface area (Å²) in [5, 5.41) is 21.4. The van der Waals surface area contributed by atoms with Crippen molar-refractivity contribution in [3.05, 3.63) is 18.5 Å². The van der Waals surface area contributed by atoms with Gasteiger partial charge in [0, 0.05) is 26.0 Å². The molecule has 0 unspecified atom stereocenters. The molecule has 138 valence electrons. The number of likely N-dealkylation sites (N-methyl/N-ethyl adjacent to an activating group) is 1. The largest absolute Gasteiger partial charge is 0.389 e. The lowest BCUT2D eigenvalue weighted by Crippen LogP contribution is -2.48. The molecule has 2 heterocycles. The SMILES string of the molecule is CN(C[C@@]1(O)CCN(c2ncccn2)C1)C(=O)CC1(O)CCCCC1. The summed E-state index contributed by atoms with van der Waals surface area (Å²) >= 11 is 0. The second kappa shape index (κ2) is 7.25. The molecule has 0 spiro atoms. The standard InChI is InChI=1S/C18H28N4O3/c1-21(15(23)12-17(24)6-3-2-4-7-17)13-18(25)8-11-22(14-18)16-19-9-5-10-20-16/h5,9-10,24-25H,2-4,6-8,11-14H2,1H3/t18-/m0/s1. The molecule has 2 N–H and O–H groups in total. The van der Waals surface area contributed by atoms with Crippen molar-refractivity contribution in [2.24, 2.45) is 0 Å². The van der Waals surface area contributed by atoms with Crippen LogP contribution in [-0.2, 0) is 4.79 Å². The highest BCUT2D eigenvalue weighted by molar-refractivity contribution is 5.77. The third kappa shape index (κ3) is 4.46. The average molecular weight is 348 g/mol. The van der Waals surface area contributed by atoms with Crippen LogP contribution < -0.4 is 4.90 Å². The molecule has 1 aliphatic carbocycles. The topological polar surface area (TPSA) is 89.8 Å². The van der Waals surface area contributed by atoms with Crippen molar-refractivity contribution in [1.82, 2.24) is 14.9 Å². The van der Waals surface area contributed by atoms with Crippen molar-refractivity contribution in [1.29, 1.82) is 0 Å². The Labute approximate surface area is 148 Å². The molecule has 0 aromatic carbocycles. The van der Waals surface area contributed by atoms with Crippen LogP contribution in [0.5, 0.6) is 0 Å². The van der Waals surface area contributed by atoms with Crippen LogP contribution in [0.1, 0.15) is 44.9 Å². The van der Waals surface area contributed by atoms with Crippen molar-refractivity contribution in [2.45, 2.75) is 56.1 Å². The molecule has 1 saturated heterocycles. The van der Waals surface area contributed by atoms with E-state index < -0.39 is 11.2 Å². The summed E-state index contributed by atoms with van der Waals surface area (Å²) in [6, 6.07) is 1.76. The van der Waals surface area contributed by atoms with E-state index in [9.17, 15) is 15.0 Å². The fourth-order valence-electron chi connectivity index (χ4n) is 3.94. The lowest BCUT2D eigenvalue weighted by molar-refractivity contribution is -0.139. The van der Waals surface area contributed by atoms with E-state index in [1.54, 1.807) is 30.4 Å². The minimum Gasteiger partial charge on any atom is -0.389 e. The van der Waals surface area contributed by atoms with Gasteiger partial charge in [-0.25, -0.2) is 9.97 Å². The number of nitrogens with zero attached hydrogens (tertiary/aromatic N) is 4. The summed E-state index contributed by atoms with van der Waals surface area (Å²) in [4.78, 5) is 24.4. The van der Waals surface area contributed by atoms with Gasteiger partial charge in [-0.15, -0.1) is 0 Å². The number of anilines is 1. The summed E-state index contributed by atoms with van der Waals surface area (Å²) in [5.74, 6) is 0.496. The van der Waals surface area contributed by atoms with E-state index in [1.165, 1.54) is 0 Å². The third-order valence-electron chi connectivity index (χ3n) is 5.39. The summed E-state index contributed by atoms with van der Waals surface area (Å²) < 4.78 is 0. The molecule has 0 radical (unpaired) electrons. The normalized spacial score (nSPS) is 25.8. The monoisotopic (exact) mass is 348 g/mol. The lowest BCUT2D eigenvalue weighted by atomic mass is 9.82. The first-order valence-electron chi connectivity index (χ1n) is 9.10. The zero-order valence-electron chi connectivity index (χ0n) is 14.9. The first-order chi connectivity index (χ1) is 11.9. The van der Waals surface area contributed by atoms with Crippen LogP contribution in [0.25, 0.3) is 0 Å². The second-order valence-corrected chi connectivity index (χ2v) is 7.66. The van der Waals surface area contributed by atoms with E-state index in [-0.39, 0.29) is 18.9 Å². The van der Waals surface area contributed by atoms with Gasteiger partial charge in [-0.3, -0.25) is 4.79 Å². The van der Waals surface area contributed by atoms with Gasteiger partial charge < -0.3 is 20.0 Å². The van der Waals surface area contributed by atoms with E-state index in [0.29, 0.717) is 38.3 Å². The first kappa shape index (κ1) is 18.1. The fourth-order valence-corrected chi connectivity index (χ4v) is 3.94. The molecule has 2 aliphatic rings. The second-order valence-electron chi connectivity index (χ2n) is 7.66. The highest BCUT2D eigenvalue weighted by atomic mass is 16.3. The molecule has 25 heavy (non-hydrogen) atoms. The maximum atomic E-state index is 12.5. The number of hydrogen-bond donors (Lipinski definition) is 2. The number of β-amino-alcohol motifs (C(OH)–C–C–N with tert-alkyl or cyclic N) is 1. The molecule has 1 saturated carbocycles. The number of amides is 1. The Hall–Kier alpha value is -1.73. The first-order valence-corrected chi connectivity index (χ1v) is 9.10. The van der Waals surface area contributed by atoms with Crippen molar-refractivity contribution < 1.29 is 15.0 Å². The Morgan fingerprint density at radius 2 is 1.84 bits per heavy atom. The van der Waals surface area contributed by atoms with E-state index in [0.717, 1.165) is 19.3 Å². The Balaban J connectivity index is 1.55. The third-order valence-corrected chi connectivity index (χ3v) is 5.39. The number of aromatic nitrogens is 2. The maximum Gasteiger partial charge on any atom is 0.225 e. The van der Waals surface area contributed by atoms with Crippen molar-refractivity contribution in [3.8, 4) is 0 Å². The molecular weight excluding hydrogens is 320 g/mol. The number of rotatable bonds is 5. The van der Waals surface area contributed by atoms with Gasteiger partial charge in [-0.1, -0.05) is 19.3 Å². The minimum absolute atomic E-state index is 0.104. The number of carbonyl (C=O) groups is 1. The zero-order chi connectivity index (χ0) is 17.9. The van der Waals surface area contributed by atoms with Gasteiger partial charge in [0.2, 0.25) is 11.9 Å². The van der Waals surface area contributed by atoms with Gasteiger partial charge >= 0.3 is 0 Å². The van der Waals surface area contributed by atoms with Gasteiger partial charge in [0.25, 0.3) is 0 Å². The predicted octanol–water partition coefficient (Wildman–Crippen LogP) is 0.961. The van der Waals surface area contributed by atoms with Crippen molar-refractivity contribution in [2.75, 3.05) is 31.6 Å². The fraction of sp³-hybridized carbons (Fsp3) is 0.722. The van der Waals surface area contributed by atoms with Crippen LogP contribution in [-0.4, -0.2) is 68.9 Å². The highest BCUT2D eigenvalue weighted by Crippen LogP contribution is 2.32. The molecule has 2 fully saturated rings. The Kier molecular flexibility index (Phi) is 5.24. The van der Waals surface area contributed by atoms with Crippen molar-refractivity contribution >= 4 is 11.9 Å². The number of aliphatic hydroxyl groups is 2. The van der Waals surface area contributed by atoms with Crippen LogP contribution in [0.3, 0.4) is 0 Å². The van der Waals surface area contributed by atoms with Crippen LogP contribution >= 0.6 is 0 Å². The Morgan fingerprint density at radius 3 is 2.52 bits per heavy atom. The molecule has 1 aromatic heterocycles. The number of carbonyl (C=O) groups excluding carboxylic acids is 1. The van der Waals surface area contributed by atoms with Crippen LogP contribution in [0.4, 0.5) is 5.95 Å². The van der Waals surface area contributed by atoms with Crippen molar-refractivity contribution in [3.63, 3.8) is 0 Å². The van der Waals surface area contributed by atoms with E-state index in [2.05, 4.69) is 9.97 Å². The summed E-state index contributed by atoms with van der Waals surface area (Å²) in [5.41, 5.74) is -1.84. The summed E-state index contributed by atoms with van der Waals surface area (Å²) in [6.45, 7) is 1.32. The molecule has 1 atom stereocenters. The predicted molar refractivity (Wildman–Crippen MR) is 94.1 cm³/mol. The zero-order valence-corrected chi connectivity index (χ0v) is 14.9. The molecule has 1 aliphatic heterocycles. The highest BCUT2D eigenvalue weighted by Gasteiger charge is 2.40. The Morgan fingerprint density at radius 1 is 1.16 bits per heavy atom. The van der Waals surface area contributed by atoms with E-state index in [1.807, 2.05) is 4.90 Å². The molecule has 1 amide bonds. The molecule has 0 bridgehead atoms.